The van der Waals surface area contributed by atoms with Crippen molar-refractivity contribution >= 4 is 39.5 Å². The van der Waals surface area contributed by atoms with Gasteiger partial charge >= 0.3 is 0 Å². The van der Waals surface area contributed by atoms with Crippen molar-refractivity contribution in [1.82, 2.24) is 25.1 Å². The number of nitrogens with one attached hydrogen (secondary N) is 2. The number of rotatable bonds is 2. The van der Waals surface area contributed by atoms with Crippen LogP contribution in [-0.4, -0.2) is 63.4 Å². The van der Waals surface area contributed by atoms with Crippen LogP contribution >= 0.6 is 0 Å². The summed E-state index contributed by atoms with van der Waals surface area (Å²) in [6.45, 7) is 5.89. The lowest BCUT2D eigenvalue weighted by Gasteiger charge is -2.42. The molecule has 9 nitrogen and oxygen atoms in total. The van der Waals surface area contributed by atoms with Crippen LogP contribution in [0.2, 0.25) is 0 Å². The van der Waals surface area contributed by atoms with Crippen LogP contribution in [0.4, 0.5) is 5.82 Å². The Morgan fingerprint density at radius 3 is 2.69 bits per heavy atom. The first-order valence-corrected chi connectivity index (χ1v) is 12.3. The number of hydrogen-bond donors (Lipinski definition) is 2. The molecule has 6 rings (SSSR count). The highest BCUT2D eigenvalue weighted by Crippen LogP contribution is 2.26. The average molecular weight is 485 g/mol. The summed E-state index contributed by atoms with van der Waals surface area (Å²) < 4.78 is 5.82. The summed E-state index contributed by atoms with van der Waals surface area (Å²) in [7, 11) is 0. The highest BCUT2D eigenvalue weighted by atomic mass is 16.3. The van der Waals surface area contributed by atoms with E-state index in [1.165, 1.54) is 0 Å². The largest absolute Gasteiger partial charge is 0.451 e. The SMILES string of the molecule is CC(C)C1Nc2nc(nc3ccccc23)CN2CCN(C(=O)c3cc4ccccc4o3)CC2NC1=O. The number of carbonyl (C=O) groups is 2. The summed E-state index contributed by atoms with van der Waals surface area (Å²) in [5, 5.41) is 8.34. The van der Waals surface area contributed by atoms with E-state index in [9.17, 15) is 9.59 Å². The standard InChI is InChI=1S/C27H28N6O3/c1-16(2)24-26(34)30-23-15-33(27(35)21-13-17-7-3-6-10-20(17)36-21)12-11-32(23)14-22-28-19-9-5-4-8-18(19)25(29-22)31-24/h3-10,13,16,23-24H,11-12,14-15H2,1-2H3,(H,30,34)(H,28,29,31). The summed E-state index contributed by atoms with van der Waals surface area (Å²) >= 11 is 0. The third kappa shape index (κ3) is 4.05. The number of aromatic nitrogens is 2. The zero-order valence-corrected chi connectivity index (χ0v) is 20.3. The fourth-order valence-corrected chi connectivity index (χ4v) is 5.00. The molecule has 2 bridgehead atoms. The van der Waals surface area contributed by atoms with Gasteiger partial charge in [-0.1, -0.05) is 44.2 Å². The van der Waals surface area contributed by atoms with E-state index >= 15 is 0 Å². The number of amides is 2. The maximum atomic E-state index is 13.5. The lowest BCUT2D eigenvalue weighted by Crippen LogP contribution is -2.63. The summed E-state index contributed by atoms with van der Waals surface area (Å²) in [5.41, 5.74) is 1.52. The molecule has 0 saturated carbocycles. The van der Waals surface area contributed by atoms with Crippen molar-refractivity contribution in [2.24, 2.45) is 5.92 Å². The molecule has 0 radical (unpaired) electrons. The Morgan fingerprint density at radius 2 is 1.86 bits per heavy atom. The van der Waals surface area contributed by atoms with Gasteiger partial charge in [0.05, 0.1) is 18.6 Å². The number of benzene rings is 2. The molecule has 2 aliphatic heterocycles. The molecule has 2 unspecified atom stereocenters. The van der Waals surface area contributed by atoms with Crippen LogP contribution in [0.25, 0.3) is 21.9 Å². The fraction of sp³-hybridized carbons (Fsp3) is 0.333. The van der Waals surface area contributed by atoms with Gasteiger partial charge in [0.2, 0.25) is 5.91 Å². The number of anilines is 1. The fourth-order valence-electron chi connectivity index (χ4n) is 5.00. The van der Waals surface area contributed by atoms with Crippen LogP contribution in [0.3, 0.4) is 0 Å². The van der Waals surface area contributed by atoms with E-state index in [1.807, 2.05) is 62.4 Å². The Balaban J connectivity index is 1.32. The zero-order valence-electron chi connectivity index (χ0n) is 20.3. The normalized spacial score (nSPS) is 20.8. The highest BCUT2D eigenvalue weighted by Gasteiger charge is 2.35. The molecule has 0 spiro atoms. The van der Waals surface area contributed by atoms with Crippen molar-refractivity contribution < 1.29 is 14.0 Å². The molecule has 2 N–H and O–H groups in total. The molecule has 9 heteroatoms. The van der Waals surface area contributed by atoms with Crippen LogP contribution < -0.4 is 10.6 Å². The quantitative estimate of drug-likeness (QED) is 0.450. The maximum Gasteiger partial charge on any atom is 0.289 e. The predicted molar refractivity (Wildman–Crippen MR) is 136 cm³/mol. The minimum absolute atomic E-state index is 0.0203. The van der Waals surface area contributed by atoms with Gasteiger partial charge in [-0.3, -0.25) is 14.5 Å². The van der Waals surface area contributed by atoms with Crippen molar-refractivity contribution in [3.05, 3.63) is 66.2 Å². The third-order valence-corrected chi connectivity index (χ3v) is 6.96. The summed E-state index contributed by atoms with van der Waals surface area (Å²) in [4.78, 5) is 40.3. The zero-order chi connectivity index (χ0) is 24.8. The number of carbonyl (C=O) groups excluding carboxylic acids is 2. The first-order chi connectivity index (χ1) is 17.5. The molecule has 1 fully saturated rings. The van der Waals surface area contributed by atoms with Gasteiger partial charge in [-0.15, -0.1) is 0 Å². The van der Waals surface area contributed by atoms with E-state index in [4.69, 9.17) is 14.4 Å². The van der Waals surface area contributed by atoms with Crippen molar-refractivity contribution in [2.75, 3.05) is 25.0 Å². The molecule has 2 aromatic carbocycles. The summed E-state index contributed by atoms with van der Waals surface area (Å²) in [5.74, 6) is 1.37. The second-order valence-electron chi connectivity index (χ2n) is 9.77. The van der Waals surface area contributed by atoms with E-state index in [2.05, 4.69) is 15.5 Å². The Bertz CT molecular complexity index is 1430. The molecule has 0 aliphatic carbocycles. The van der Waals surface area contributed by atoms with Gasteiger partial charge in [0, 0.05) is 23.9 Å². The Morgan fingerprint density at radius 1 is 1.06 bits per heavy atom. The molecule has 2 amide bonds. The van der Waals surface area contributed by atoms with Crippen molar-refractivity contribution in [1.29, 1.82) is 0 Å². The van der Waals surface area contributed by atoms with E-state index in [0.717, 1.165) is 16.3 Å². The molecule has 36 heavy (non-hydrogen) atoms. The van der Waals surface area contributed by atoms with Gasteiger partial charge in [0.15, 0.2) is 5.76 Å². The monoisotopic (exact) mass is 484 g/mol. The minimum atomic E-state index is -0.488. The van der Waals surface area contributed by atoms with E-state index < -0.39 is 6.04 Å². The molecular formula is C27H28N6O3. The Hall–Kier alpha value is -3.98. The number of furan rings is 1. The first-order valence-electron chi connectivity index (χ1n) is 12.3. The second kappa shape index (κ2) is 8.91. The van der Waals surface area contributed by atoms with Crippen molar-refractivity contribution in [3.63, 3.8) is 0 Å². The summed E-state index contributed by atoms with van der Waals surface area (Å²) in [6, 6.07) is 16.7. The van der Waals surface area contributed by atoms with Gasteiger partial charge in [-0.25, -0.2) is 9.97 Å². The number of fused-ring (bicyclic) bond motifs is 6. The van der Waals surface area contributed by atoms with Gasteiger partial charge in [0.1, 0.15) is 29.4 Å². The molecule has 1 saturated heterocycles. The smallest absolute Gasteiger partial charge is 0.289 e. The van der Waals surface area contributed by atoms with Crippen LogP contribution in [0.1, 0.15) is 30.2 Å². The average Bonchev–Trinajstić information content (AvgIpc) is 3.31. The predicted octanol–water partition coefficient (Wildman–Crippen LogP) is 3.23. The Labute approximate surface area is 208 Å². The van der Waals surface area contributed by atoms with Gasteiger partial charge in [-0.05, 0) is 30.2 Å². The van der Waals surface area contributed by atoms with Crippen LogP contribution in [0, 0.1) is 5.92 Å². The molecule has 2 aromatic heterocycles. The number of piperazine rings is 1. The van der Waals surface area contributed by atoms with Gasteiger partial charge < -0.3 is 20.0 Å². The molecule has 4 heterocycles. The first kappa shape index (κ1) is 22.5. The molecule has 184 valence electrons. The minimum Gasteiger partial charge on any atom is -0.451 e. The van der Waals surface area contributed by atoms with E-state index in [1.54, 1.807) is 11.0 Å². The topological polar surface area (TPSA) is 104 Å². The maximum absolute atomic E-state index is 13.5. The summed E-state index contributed by atoms with van der Waals surface area (Å²) in [6.07, 6.45) is -0.376. The number of hydrogen-bond acceptors (Lipinski definition) is 7. The van der Waals surface area contributed by atoms with Crippen LogP contribution in [-0.2, 0) is 11.3 Å². The van der Waals surface area contributed by atoms with Crippen LogP contribution in [0.5, 0.6) is 0 Å². The van der Waals surface area contributed by atoms with Crippen molar-refractivity contribution in [2.45, 2.75) is 32.6 Å². The van der Waals surface area contributed by atoms with Gasteiger partial charge in [-0.2, -0.15) is 0 Å². The molecule has 2 aliphatic rings. The van der Waals surface area contributed by atoms with Crippen molar-refractivity contribution in [3.8, 4) is 0 Å². The van der Waals surface area contributed by atoms with E-state index in [0.29, 0.717) is 49.2 Å². The van der Waals surface area contributed by atoms with E-state index in [-0.39, 0.29) is 23.9 Å². The van der Waals surface area contributed by atoms with Crippen LogP contribution in [0.15, 0.2) is 59.0 Å². The molecular weight excluding hydrogens is 456 g/mol. The second-order valence-corrected chi connectivity index (χ2v) is 9.77. The molecule has 2 atom stereocenters. The van der Waals surface area contributed by atoms with Gasteiger partial charge in [0.25, 0.3) is 5.91 Å². The lowest BCUT2D eigenvalue weighted by atomic mass is 10.0. The number of para-hydroxylation sites is 2. The third-order valence-electron chi connectivity index (χ3n) is 6.96. The lowest BCUT2D eigenvalue weighted by molar-refractivity contribution is -0.125. The highest BCUT2D eigenvalue weighted by molar-refractivity contribution is 5.96. The Kier molecular flexibility index (Phi) is 5.56. The molecule has 4 aromatic rings. The number of nitrogens with zero attached hydrogens (tertiary/aromatic N) is 4.